The lowest BCUT2D eigenvalue weighted by atomic mass is 10.1. The summed E-state index contributed by atoms with van der Waals surface area (Å²) >= 11 is 0. The van der Waals surface area contributed by atoms with Gasteiger partial charge in [-0.05, 0) is 37.1 Å². The van der Waals surface area contributed by atoms with Crippen molar-refractivity contribution in [1.29, 1.82) is 5.26 Å². The van der Waals surface area contributed by atoms with Crippen LogP contribution in [0, 0.1) is 25.2 Å². The van der Waals surface area contributed by atoms with Crippen molar-refractivity contribution in [2.45, 2.75) is 13.8 Å². The number of hydrogen-bond donors (Lipinski definition) is 1. The van der Waals surface area contributed by atoms with E-state index in [0.717, 1.165) is 11.1 Å². The van der Waals surface area contributed by atoms with Crippen molar-refractivity contribution in [2.75, 3.05) is 5.73 Å². The number of pyridine rings is 1. The normalized spacial score (nSPS) is 10.8. The lowest BCUT2D eigenvalue weighted by Gasteiger charge is -2.04. The Morgan fingerprint density at radius 3 is 2.75 bits per heavy atom. The number of hydrogen-bond acceptors (Lipinski definition) is 4. The second-order valence-corrected chi connectivity index (χ2v) is 4.84. The van der Waals surface area contributed by atoms with Crippen LogP contribution in [0.25, 0.3) is 22.1 Å². The summed E-state index contributed by atoms with van der Waals surface area (Å²) in [5.41, 5.74) is 8.44. The third kappa shape index (κ3) is 1.62. The lowest BCUT2D eigenvalue weighted by molar-refractivity contribution is -0.338. The number of anilines is 1. The fraction of sp³-hybridized carbons (Fsp3) is 0.133. The first kappa shape index (κ1) is 12.2. The van der Waals surface area contributed by atoms with Crippen molar-refractivity contribution in [1.82, 2.24) is 0 Å². The van der Waals surface area contributed by atoms with Gasteiger partial charge in [0.15, 0.2) is 0 Å². The molecule has 0 atom stereocenters. The number of nitriles is 1. The second kappa shape index (κ2) is 4.07. The largest absolute Gasteiger partial charge is 0.422 e. The van der Waals surface area contributed by atoms with E-state index in [1.165, 1.54) is 6.07 Å². The predicted molar refractivity (Wildman–Crippen MR) is 75.1 cm³/mol. The third-order valence-electron chi connectivity index (χ3n) is 3.32. The van der Waals surface area contributed by atoms with Gasteiger partial charge in [0.1, 0.15) is 22.6 Å². The van der Waals surface area contributed by atoms with Gasteiger partial charge in [0.05, 0.1) is 5.39 Å². The Bertz CT molecular complexity index is 965. The topological polar surface area (TPSA) is 94.2 Å². The molecule has 3 rings (SSSR count). The van der Waals surface area contributed by atoms with Crippen LogP contribution in [0.1, 0.15) is 16.7 Å². The average molecular weight is 266 g/mol. The molecule has 0 spiro atoms. The first-order valence-corrected chi connectivity index (χ1v) is 6.11. The van der Waals surface area contributed by atoms with Gasteiger partial charge in [0, 0.05) is 0 Å². The molecule has 0 aliphatic heterocycles. The molecule has 5 heteroatoms. The quantitative estimate of drug-likeness (QED) is 0.628. The van der Waals surface area contributed by atoms with Gasteiger partial charge in [-0.1, -0.05) is 6.07 Å². The van der Waals surface area contributed by atoms with Crippen LogP contribution in [0.2, 0.25) is 0 Å². The van der Waals surface area contributed by atoms with Crippen LogP contribution in [0.15, 0.2) is 27.4 Å². The number of H-pyrrole nitrogens is 1. The fourth-order valence-electron chi connectivity index (χ4n) is 2.43. The molecule has 3 N–H and O–H groups in total. The van der Waals surface area contributed by atoms with Crippen molar-refractivity contribution in [3.63, 3.8) is 0 Å². The van der Waals surface area contributed by atoms with E-state index < -0.39 is 0 Å². The lowest BCUT2D eigenvalue weighted by Crippen LogP contribution is -2.17. The van der Waals surface area contributed by atoms with Gasteiger partial charge in [-0.3, -0.25) is 10.5 Å². The van der Waals surface area contributed by atoms with Crippen LogP contribution in [0.3, 0.4) is 0 Å². The van der Waals surface area contributed by atoms with Crippen LogP contribution < -0.4 is 16.1 Å². The first-order chi connectivity index (χ1) is 9.51. The summed E-state index contributed by atoms with van der Waals surface area (Å²) in [4.78, 5) is 15.3. The SMILES string of the molecule is Cc1cc(C)c2c(=O)c3cc(C#N)c(N)[nH+]c3oc2c1. The minimum Gasteiger partial charge on any atom is -0.422 e. The number of nitrogen functional groups attached to an aromatic ring is 1. The van der Waals surface area contributed by atoms with Gasteiger partial charge in [0.2, 0.25) is 5.43 Å². The maximum Gasteiger partial charge on any atom is 0.299 e. The van der Waals surface area contributed by atoms with E-state index >= 15 is 0 Å². The molecule has 0 radical (unpaired) electrons. The summed E-state index contributed by atoms with van der Waals surface area (Å²) in [7, 11) is 0. The van der Waals surface area contributed by atoms with Crippen LogP contribution >= 0.6 is 0 Å². The zero-order valence-electron chi connectivity index (χ0n) is 11.1. The Morgan fingerprint density at radius 1 is 1.30 bits per heavy atom. The highest BCUT2D eigenvalue weighted by Crippen LogP contribution is 2.21. The number of aromatic nitrogens is 1. The molecular formula is C15H12N3O2+. The van der Waals surface area contributed by atoms with Crippen LogP contribution in [0.5, 0.6) is 0 Å². The molecule has 0 aliphatic carbocycles. The van der Waals surface area contributed by atoms with E-state index in [9.17, 15) is 4.79 Å². The molecule has 1 aromatic carbocycles. The van der Waals surface area contributed by atoms with E-state index in [-0.39, 0.29) is 22.5 Å². The van der Waals surface area contributed by atoms with Gasteiger partial charge >= 0.3 is 0 Å². The molecular weight excluding hydrogens is 254 g/mol. The molecule has 3 aromatic rings. The maximum atomic E-state index is 12.6. The highest BCUT2D eigenvalue weighted by Gasteiger charge is 2.16. The molecule has 98 valence electrons. The number of nitrogens with one attached hydrogen (secondary N) is 1. The van der Waals surface area contributed by atoms with Crippen LogP contribution in [-0.4, -0.2) is 0 Å². The monoisotopic (exact) mass is 266 g/mol. The molecule has 0 amide bonds. The molecule has 0 saturated carbocycles. The van der Waals surface area contributed by atoms with E-state index in [0.29, 0.717) is 16.4 Å². The first-order valence-electron chi connectivity index (χ1n) is 6.11. The molecule has 5 nitrogen and oxygen atoms in total. The van der Waals surface area contributed by atoms with Crippen molar-refractivity contribution in [3.8, 4) is 6.07 Å². The van der Waals surface area contributed by atoms with Crippen LogP contribution in [0.4, 0.5) is 5.82 Å². The third-order valence-corrected chi connectivity index (χ3v) is 3.32. The van der Waals surface area contributed by atoms with Crippen molar-refractivity contribution < 1.29 is 9.40 Å². The number of aromatic amines is 1. The summed E-state index contributed by atoms with van der Waals surface area (Å²) < 4.78 is 5.72. The molecule has 2 aromatic heterocycles. The van der Waals surface area contributed by atoms with Crippen molar-refractivity contribution in [2.24, 2.45) is 0 Å². The smallest absolute Gasteiger partial charge is 0.299 e. The molecule has 0 aliphatic rings. The molecule has 20 heavy (non-hydrogen) atoms. The summed E-state index contributed by atoms with van der Waals surface area (Å²) in [6, 6.07) is 7.15. The Labute approximate surface area is 114 Å². The summed E-state index contributed by atoms with van der Waals surface area (Å²) in [6.45, 7) is 3.80. The number of fused-ring (bicyclic) bond motifs is 2. The Balaban J connectivity index is 2.59. The highest BCUT2D eigenvalue weighted by atomic mass is 16.3. The molecule has 0 fully saturated rings. The minimum atomic E-state index is -0.161. The van der Waals surface area contributed by atoms with E-state index in [1.807, 2.05) is 32.0 Å². The standard InChI is InChI=1S/C15H11N3O2/c1-7-3-8(2)12-11(4-7)20-15-10(13(12)19)5-9(6-16)14(17)18-15/h3-5H,1-2H3,(H2,17,18)/p+1. The van der Waals surface area contributed by atoms with Gasteiger partial charge < -0.3 is 4.42 Å². The van der Waals surface area contributed by atoms with E-state index in [2.05, 4.69) is 4.98 Å². The number of nitrogens with two attached hydrogens (primary N) is 1. The maximum absolute atomic E-state index is 12.6. The Morgan fingerprint density at radius 2 is 2.05 bits per heavy atom. The molecule has 0 unspecified atom stereocenters. The van der Waals surface area contributed by atoms with Gasteiger partial charge in [0.25, 0.3) is 11.5 Å². The second-order valence-electron chi connectivity index (χ2n) is 4.84. The molecule has 2 heterocycles. The van der Waals surface area contributed by atoms with Crippen molar-refractivity contribution >= 4 is 27.9 Å². The zero-order chi connectivity index (χ0) is 14.4. The highest BCUT2D eigenvalue weighted by molar-refractivity contribution is 5.90. The number of rotatable bonds is 0. The Kier molecular flexibility index (Phi) is 2.48. The number of nitrogens with zero attached hydrogens (tertiary/aromatic N) is 1. The minimum absolute atomic E-state index is 0.161. The van der Waals surface area contributed by atoms with E-state index in [1.54, 1.807) is 0 Å². The van der Waals surface area contributed by atoms with Gasteiger partial charge in [-0.15, -0.1) is 0 Å². The summed E-state index contributed by atoms with van der Waals surface area (Å²) in [5, 5.41) is 9.85. The Hall–Kier alpha value is -2.87. The molecule has 0 bridgehead atoms. The summed E-state index contributed by atoms with van der Waals surface area (Å²) in [5.74, 6) is 0.187. The predicted octanol–water partition coefficient (Wildman–Crippen LogP) is 1.83. The number of aryl methyl sites for hydroxylation is 2. The summed E-state index contributed by atoms with van der Waals surface area (Å²) in [6.07, 6.45) is 0. The zero-order valence-corrected chi connectivity index (χ0v) is 11.1. The van der Waals surface area contributed by atoms with Crippen LogP contribution in [-0.2, 0) is 0 Å². The van der Waals surface area contributed by atoms with Crippen molar-refractivity contribution in [3.05, 3.63) is 45.1 Å². The fourth-order valence-corrected chi connectivity index (χ4v) is 2.43. The van der Waals surface area contributed by atoms with Gasteiger partial charge in [-0.2, -0.15) is 5.26 Å². The average Bonchev–Trinajstić information content (AvgIpc) is 2.37. The van der Waals surface area contributed by atoms with Gasteiger partial charge in [-0.25, -0.2) is 4.98 Å². The van der Waals surface area contributed by atoms with E-state index in [4.69, 9.17) is 15.4 Å². The molecule has 0 saturated heterocycles. The number of benzene rings is 1.